The molecule has 2 rings (SSSR count). The zero-order chi connectivity index (χ0) is 14.7. The lowest BCUT2D eigenvalue weighted by Gasteiger charge is -2.36. The maximum atomic E-state index is 11.9. The zero-order valence-corrected chi connectivity index (χ0v) is 12.3. The molecule has 0 radical (unpaired) electrons. The number of hydrogen-bond acceptors (Lipinski definition) is 4. The summed E-state index contributed by atoms with van der Waals surface area (Å²) in [5, 5.41) is 6.10. The van der Waals surface area contributed by atoms with Crippen LogP contribution in [0, 0.1) is 0 Å². The number of nitrogens with one attached hydrogen (secondary N) is 2. The molecule has 0 aromatic heterocycles. The van der Waals surface area contributed by atoms with Gasteiger partial charge in [0.25, 0.3) is 0 Å². The van der Waals surface area contributed by atoms with Crippen molar-refractivity contribution >= 4 is 29.1 Å². The van der Waals surface area contributed by atoms with Gasteiger partial charge in [0.15, 0.2) is 0 Å². The third-order valence-electron chi connectivity index (χ3n) is 3.36. The Bertz CT molecular complexity index is 533. The van der Waals surface area contributed by atoms with Crippen LogP contribution in [0.25, 0.3) is 0 Å². The second kappa shape index (κ2) is 6.24. The molecule has 20 heavy (non-hydrogen) atoms. The van der Waals surface area contributed by atoms with Crippen LogP contribution in [0.4, 0.5) is 5.69 Å². The molecule has 1 atom stereocenters. The summed E-state index contributed by atoms with van der Waals surface area (Å²) in [4.78, 5) is 25.4. The van der Waals surface area contributed by atoms with Gasteiger partial charge in [-0.25, -0.2) is 0 Å². The molecule has 1 aromatic carbocycles. The van der Waals surface area contributed by atoms with E-state index in [9.17, 15) is 9.59 Å². The van der Waals surface area contributed by atoms with Crippen LogP contribution in [0.5, 0.6) is 0 Å². The van der Waals surface area contributed by atoms with Crippen molar-refractivity contribution in [2.24, 2.45) is 0 Å². The molecule has 108 valence electrons. The minimum Gasteiger partial charge on any atom is -0.350 e. The first-order valence-corrected chi connectivity index (χ1v) is 6.98. The number of nitrogens with zero attached hydrogens (tertiary/aromatic N) is 1. The monoisotopic (exact) mass is 295 g/mol. The van der Waals surface area contributed by atoms with Gasteiger partial charge < -0.3 is 10.2 Å². The molecule has 5 nitrogen and oxygen atoms in total. The van der Waals surface area contributed by atoms with Crippen molar-refractivity contribution in [1.29, 1.82) is 0 Å². The normalized spacial score (nSPS) is 19.1. The molecule has 6 heteroatoms. The van der Waals surface area contributed by atoms with Crippen LogP contribution in [0.1, 0.15) is 18.9 Å². The highest BCUT2D eigenvalue weighted by Crippen LogP contribution is 2.28. The standard InChI is InChI=1S/C14H18ClN3O2/c1-3-11-14(20)17-13(19)8-18(11)12-5-4-10(15)6-9(12)7-16-2/h4-6,11,16H,3,7-8H2,1-2H3,(H,17,19,20). The van der Waals surface area contributed by atoms with Crippen LogP contribution in [-0.2, 0) is 16.1 Å². The fourth-order valence-corrected chi connectivity index (χ4v) is 2.69. The van der Waals surface area contributed by atoms with E-state index in [2.05, 4.69) is 10.6 Å². The topological polar surface area (TPSA) is 61.4 Å². The van der Waals surface area contributed by atoms with Gasteiger partial charge in [0.1, 0.15) is 6.04 Å². The molecular formula is C14H18ClN3O2. The van der Waals surface area contributed by atoms with E-state index in [1.807, 2.05) is 31.0 Å². The summed E-state index contributed by atoms with van der Waals surface area (Å²) in [6.45, 7) is 2.74. The molecule has 0 bridgehead atoms. The van der Waals surface area contributed by atoms with Crippen molar-refractivity contribution < 1.29 is 9.59 Å². The fourth-order valence-electron chi connectivity index (χ4n) is 2.49. The van der Waals surface area contributed by atoms with Gasteiger partial charge in [0.05, 0.1) is 6.54 Å². The number of carbonyl (C=O) groups is 2. The number of halogens is 1. The summed E-state index contributed by atoms with van der Waals surface area (Å²) < 4.78 is 0. The second-order valence-electron chi connectivity index (χ2n) is 4.77. The molecule has 1 aliphatic heterocycles. The van der Waals surface area contributed by atoms with Crippen LogP contribution >= 0.6 is 11.6 Å². The van der Waals surface area contributed by atoms with Crippen molar-refractivity contribution in [3.05, 3.63) is 28.8 Å². The lowest BCUT2D eigenvalue weighted by atomic mass is 10.1. The van der Waals surface area contributed by atoms with Crippen molar-refractivity contribution in [3.63, 3.8) is 0 Å². The fraction of sp³-hybridized carbons (Fsp3) is 0.429. The maximum absolute atomic E-state index is 11.9. The number of rotatable bonds is 4. The number of carbonyl (C=O) groups excluding carboxylic acids is 2. The van der Waals surface area contributed by atoms with Gasteiger partial charge in [-0.2, -0.15) is 0 Å². The quantitative estimate of drug-likeness (QED) is 0.822. The Kier molecular flexibility index (Phi) is 4.62. The minimum absolute atomic E-state index is 0.183. The lowest BCUT2D eigenvalue weighted by molar-refractivity contribution is -0.132. The van der Waals surface area contributed by atoms with E-state index in [1.54, 1.807) is 6.07 Å². The molecule has 1 fully saturated rings. The van der Waals surface area contributed by atoms with Crippen molar-refractivity contribution in [2.45, 2.75) is 25.9 Å². The van der Waals surface area contributed by atoms with E-state index >= 15 is 0 Å². The Morgan fingerprint density at radius 3 is 2.85 bits per heavy atom. The van der Waals surface area contributed by atoms with Gasteiger partial charge in [-0.3, -0.25) is 14.9 Å². The van der Waals surface area contributed by atoms with E-state index in [0.29, 0.717) is 18.0 Å². The van der Waals surface area contributed by atoms with Crippen molar-refractivity contribution in [3.8, 4) is 0 Å². The third-order valence-corrected chi connectivity index (χ3v) is 3.60. The average Bonchev–Trinajstić information content (AvgIpc) is 2.38. The first-order valence-electron chi connectivity index (χ1n) is 6.60. The summed E-state index contributed by atoms with van der Waals surface area (Å²) in [6.07, 6.45) is 0.640. The van der Waals surface area contributed by atoms with Gasteiger partial charge in [-0.1, -0.05) is 18.5 Å². The summed E-state index contributed by atoms with van der Waals surface area (Å²) in [7, 11) is 1.84. The highest BCUT2D eigenvalue weighted by Gasteiger charge is 2.33. The predicted molar refractivity (Wildman–Crippen MR) is 78.8 cm³/mol. The van der Waals surface area contributed by atoms with E-state index in [0.717, 1.165) is 11.3 Å². The van der Waals surface area contributed by atoms with Crippen LogP contribution in [0.3, 0.4) is 0 Å². The van der Waals surface area contributed by atoms with Crippen LogP contribution < -0.4 is 15.5 Å². The number of piperazine rings is 1. The molecule has 1 aromatic rings. The summed E-state index contributed by atoms with van der Waals surface area (Å²) in [5.41, 5.74) is 1.85. The van der Waals surface area contributed by atoms with Gasteiger partial charge in [-0.05, 0) is 37.2 Å². The maximum Gasteiger partial charge on any atom is 0.249 e. The smallest absolute Gasteiger partial charge is 0.249 e. The molecule has 2 N–H and O–H groups in total. The molecule has 1 aliphatic rings. The van der Waals surface area contributed by atoms with Crippen LogP contribution in [0.15, 0.2) is 18.2 Å². The average molecular weight is 296 g/mol. The van der Waals surface area contributed by atoms with Crippen molar-refractivity contribution in [2.75, 3.05) is 18.5 Å². The SMILES string of the molecule is CCC1C(=O)NC(=O)CN1c1ccc(Cl)cc1CNC. The largest absolute Gasteiger partial charge is 0.350 e. The Labute approximate surface area is 123 Å². The predicted octanol–water partition coefficient (Wildman–Crippen LogP) is 1.30. The molecule has 0 spiro atoms. The molecular weight excluding hydrogens is 278 g/mol. The second-order valence-corrected chi connectivity index (χ2v) is 5.20. The third kappa shape index (κ3) is 2.94. The van der Waals surface area contributed by atoms with E-state index in [1.165, 1.54) is 0 Å². The number of anilines is 1. The van der Waals surface area contributed by atoms with Gasteiger partial charge in [-0.15, -0.1) is 0 Å². The van der Waals surface area contributed by atoms with Gasteiger partial charge in [0.2, 0.25) is 11.8 Å². The van der Waals surface area contributed by atoms with Gasteiger partial charge in [0, 0.05) is 17.3 Å². The molecule has 2 amide bonds. The Morgan fingerprint density at radius 1 is 1.45 bits per heavy atom. The van der Waals surface area contributed by atoms with E-state index in [-0.39, 0.29) is 24.4 Å². The van der Waals surface area contributed by atoms with Crippen molar-refractivity contribution in [1.82, 2.24) is 10.6 Å². The Hall–Kier alpha value is -1.59. The van der Waals surface area contributed by atoms with Crippen LogP contribution in [-0.4, -0.2) is 31.4 Å². The van der Waals surface area contributed by atoms with E-state index < -0.39 is 0 Å². The molecule has 0 aliphatic carbocycles. The summed E-state index contributed by atoms with van der Waals surface area (Å²) in [5.74, 6) is -0.515. The molecule has 1 unspecified atom stereocenters. The minimum atomic E-state index is -0.329. The Morgan fingerprint density at radius 2 is 2.20 bits per heavy atom. The lowest BCUT2D eigenvalue weighted by Crippen LogP contribution is -2.58. The van der Waals surface area contributed by atoms with Crippen LogP contribution in [0.2, 0.25) is 5.02 Å². The number of amides is 2. The van der Waals surface area contributed by atoms with E-state index in [4.69, 9.17) is 11.6 Å². The molecule has 0 saturated carbocycles. The summed E-state index contributed by atoms with van der Waals surface area (Å²) in [6, 6.07) is 5.17. The first kappa shape index (κ1) is 14.8. The molecule has 1 heterocycles. The highest BCUT2D eigenvalue weighted by molar-refractivity contribution is 6.30. The van der Waals surface area contributed by atoms with Gasteiger partial charge >= 0.3 is 0 Å². The highest BCUT2D eigenvalue weighted by atomic mass is 35.5. The zero-order valence-electron chi connectivity index (χ0n) is 11.6. The summed E-state index contributed by atoms with van der Waals surface area (Å²) >= 11 is 6.03. The number of imide groups is 1. The Balaban J connectivity index is 2.41. The number of benzene rings is 1. The number of hydrogen-bond donors (Lipinski definition) is 2. The molecule has 1 saturated heterocycles. The first-order chi connectivity index (χ1) is 9.56.